The largest absolute Gasteiger partial charge is 0.382 e. The summed E-state index contributed by atoms with van der Waals surface area (Å²) in [6.45, 7) is 1.82. The summed E-state index contributed by atoms with van der Waals surface area (Å²) in [7, 11) is 0. The molecule has 2 aromatic carbocycles. The van der Waals surface area contributed by atoms with E-state index in [1.165, 1.54) is 0 Å². The number of nitrogen functional groups attached to an aromatic ring is 2. The van der Waals surface area contributed by atoms with Crippen LogP contribution in [0.15, 0.2) is 53.3 Å². The molecule has 0 aliphatic rings. The van der Waals surface area contributed by atoms with Gasteiger partial charge in [0.1, 0.15) is 23.3 Å². The van der Waals surface area contributed by atoms with Gasteiger partial charge in [0.05, 0.1) is 22.6 Å². The number of anilines is 3. The number of nitriles is 1. The van der Waals surface area contributed by atoms with Crippen LogP contribution in [0.25, 0.3) is 16.6 Å². The summed E-state index contributed by atoms with van der Waals surface area (Å²) in [5.74, 6) is 0.544. The van der Waals surface area contributed by atoms with E-state index in [1.807, 2.05) is 55.5 Å². The van der Waals surface area contributed by atoms with Gasteiger partial charge in [0.25, 0.3) is 5.56 Å². The summed E-state index contributed by atoms with van der Waals surface area (Å²) in [5.41, 5.74) is 12.7. The van der Waals surface area contributed by atoms with Gasteiger partial charge in [-0.15, -0.1) is 0 Å². The van der Waals surface area contributed by atoms with Crippen LogP contribution < -0.4 is 22.3 Å². The Morgan fingerprint density at radius 1 is 1.10 bits per heavy atom. The molecule has 0 aliphatic heterocycles. The van der Waals surface area contributed by atoms with Crippen molar-refractivity contribution >= 4 is 51.1 Å². The van der Waals surface area contributed by atoms with Crippen molar-refractivity contribution < 1.29 is 0 Å². The molecule has 0 saturated heterocycles. The van der Waals surface area contributed by atoms with Gasteiger partial charge >= 0.3 is 0 Å². The second-order valence-corrected chi connectivity index (χ2v) is 7.91. The fourth-order valence-corrected chi connectivity index (χ4v) is 3.91. The number of nitrogens with zero attached hydrogens (tertiary/aromatic N) is 5. The summed E-state index contributed by atoms with van der Waals surface area (Å²) < 4.78 is 2.41. The maximum absolute atomic E-state index is 13.5. The first kappa shape index (κ1) is 20.5. The minimum atomic E-state index is -0.519. The van der Waals surface area contributed by atoms with E-state index >= 15 is 0 Å². The minimum absolute atomic E-state index is 0.0221. The van der Waals surface area contributed by atoms with Crippen molar-refractivity contribution in [1.29, 1.82) is 5.26 Å². The van der Waals surface area contributed by atoms with Gasteiger partial charge in [0.15, 0.2) is 5.82 Å². The average molecular weight is 524 g/mol. The van der Waals surface area contributed by atoms with Crippen LogP contribution in [0.1, 0.15) is 24.4 Å². The topological polar surface area (TPSA) is 149 Å². The molecule has 9 nitrogen and oxygen atoms in total. The zero-order valence-corrected chi connectivity index (χ0v) is 18.5. The first-order valence-electron chi connectivity index (χ1n) is 9.27. The van der Waals surface area contributed by atoms with Crippen LogP contribution in [0.2, 0.25) is 0 Å². The summed E-state index contributed by atoms with van der Waals surface area (Å²) >= 11 is 2.16. The van der Waals surface area contributed by atoms with Gasteiger partial charge in [-0.1, -0.05) is 24.3 Å². The number of fused-ring (bicyclic) bond motifs is 1. The average Bonchev–Trinajstić information content (AvgIpc) is 2.74. The van der Waals surface area contributed by atoms with Crippen LogP contribution in [0.4, 0.5) is 17.6 Å². The second kappa shape index (κ2) is 8.19. The third kappa shape index (κ3) is 3.75. The van der Waals surface area contributed by atoms with Crippen molar-refractivity contribution in [2.24, 2.45) is 0 Å². The number of aromatic nitrogens is 4. The lowest BCUT2D eigenvalue weighted by atomic mass is 10.2. The quantitative estimate of drug-likeness (QED) is 0.345. The summed E-state index contributed by atoms with van der Waals surface area (Å²) in [6.07, 6.45) is 0. The van der Waals surface area contributed by atoms with Gasteiger partial charge in [-0.3, -0.25) is 9.36 Å². The van der Waals surface area contributed by atoms with E-state index in [0.717, 1.165) is 3.57 Å². The van der Waals surface area contributed by atoms with E-state index in [2.05, 4.69) is 37.9 Å². The van der Waals surface area contributed by atoms with Crippen molar-refractivity contribution in [1.82, 2.24) is 19.5 Å². The van der Waals surface area contributed by atoms with Crippen LogP contribution in [-0.2, 0) is 0 Å². The molecular weight excluding hydrogens is 507 g/mol. The van der Waals surface area contributed by atoms with Crippen molar-refractivity contribution in [3.63, 3.8) is 0 Å². The molecule has 0 amide bonds. The van der Waals surface area contributed by atoms with Crippen molar-refractivity contribution in [2.45, 2.75) is 13.0 Å². The molecule has 154 valence electrons. The highest BCUT2D eigenvalue weighted by molar-refractivity contribution is 14.1. The molecule has 0 fully saturated rings. The predicted molar refractivity (Wildman–Crippen MR) is 128 cm³/mol. The van der Waals surface area contributed by atoms with Gasteiger partial charge in [-0.2, -0.15) is 15.2 Å². The molecule has 4 rings (SSSR count). The van der Waals surface area contributed by atoms with Crippen molar-refractivity contribution in [3.8, 4) is 11.8 Å². The van der Waals surface area contributed by atoms with Crippen LogP contribution >= 0.6 is 22.6 Å². The van der Waals surface area contributed by atoms with Gasteiger partial charge in [0, 0.05) is 3.57 Å². The molecule has 0 radical (unpaired) electrons. The van der Waals surface area contributed by atoms with Gasteiger partial charge < -0.3 is 16.8 Å². The summed E-state index contributed by atoms with van der Waals surface area (Å²) in [4.78, 5) is 26.2. The summed E-state index contributed by atoms with van der Waals surface area (Å²) in [6, 6.07) is 16.2. The van der Waals surface area contributed by atoms with Gasteiger partial charge in [0.2, 0.25) is 5.95 Å². The maximum Gasteiger partial charge on any atom is 0.266 e. The number of nitrogens with two attached hydrogens (primary N) is 2. The standard InChI is InChI=1S/C21H17IN8O/c1-11(26-18-14(10-23)17(24)28-21(25)29-18)19-27-16-13(8-5-9-15(16)22)20(31)30(19)12-6-3-2-4-7-12/h2-9,11H,1H3,(H5,24,25,26,28,29). The second-order valence-electron chi connectivity index (χ2n) is 6.75. The number of halogens is 1. The Morgan fingerprint density at radius 2 is 1.84 bits per heavy atom. The van der Waals surface area contributed by atoms with E-state index < -0.39 is 6.04 Å². The molecule has 0 bridgehead atoms. The molecule has 10 heteroatoms. The highest BCUT2D eigenvalue weighted by Gasteiger charge is 2.21. The monoisotopic (exact) mass is 524 g/mol. The fourth-order valence-electron chi connectivity index (χ4n) is 3.29. The lowest BCUT2D eigenvalue weighted by Crippen LogP contribution is -2.28. The smallest absolute Gasteiger partial charge is 0.266 e. The fraction of sp³-hybridized carbons (Fsp3) is 0.0952. The molecule has 0 aliphatic carbocycles. The van der Waals surface area contributed by atoms with Crippen LogP contribution in [0.5, 0.6) is 0 Å². The highest BCUT2D eigenvalue weighted by Crippen LogP contribution is 2.26. The molecule has 0 spiro atoms. The number of hydrogen-bond acceptors (Lipinski definition) is 8. The number of rotatable bonds is 4. The van der Waals surface area contributed by atoms with Crippen LogP contribution in [-0.4, -0.2) is 19.5 Å². The normalized spacial score (nSPS) is 11.8. The van der Waals surface area contributed by atoms with Crippen LogP contribution in [0, 0.1) is 14.9 Å². The number of hydrogen-bond donors (Lipinski definition) is 3. The van der Waals surface area contributed by atoms with E-state index in [4.69, 9.17) is 16.5 Å². The van der Waals surface area contributed by atoms with E-state index in [1.54, 1.807) is 10.6 Å². The predicted octanol–water partition coefficient (Wildman–Crippen LogP) is 2.99. The molecule has 5 N–H and O–H groups in total. The zero-order chi connectivity index (χ0) is 22.1. The molecule has 0 saturated carbocycles. The number of nitrogens with one attached hydrogen (secondary N) is 1. The van der Waals surface area contributed by atoms with Gasteiger partial charge in [-0.25, -0.2) is 4.98 Å². The molecule has 31 heavy (non-hydrogen) atoms. The minimum Gasteiger partial charge on any atom is -0.382 e. The van der Waals surface area contributed by atoms with E-state index in [-0.39, 0.29) is 28.7 Å². The Hall–Kier alpha value is -3.72. The molecule has 1 unspecified atom stereocenters. The maximum atomic E-state index is 13.5. The van der Waals surface area contributed by atoms with E-state index in [0.29, 0.717) is 22.4 Å². The Labute approximate surface area is 190 Å². The van der Waals surface area contributed by atoms with Gasteiger partial charge in [-0.05, 0) is 53.8 Å². The molecule has 2 aromatic heterocycles. The lowest BCUT2D eigenvalue weighted by Gasteiger charge is -2.21. The summed E-state index contributed by atoms with van der Waals surface area (Å²) in [5, 5.41) is 13.1. The Kier molecular flexibility index (Phi) is 5.43. The Bertz CT molecular complexity index is 1390. The molecule has 4 aromatic rings. The first-order chi connectivity index (χ1) is 14.9. The SMILES string of the molecule is CC(Nc1nc(N)nc(N)c1C#N)c1nc2c(I)cccc2c(=O)n1-c1ccccc1. The molecule has 2 heterocycles. The Morgan fingerprint density at radius 3 is 2.55 bits per heavy atom. The van der Waals surface area contributed by atoms with Crippen LogP contribution in [0.3, 0.4) is 0 Å². The Balaban J connectivity index is 1.94. The first-order valence-corrected chi connectivity index (χ1v) is 10.3. The lowest BCUT2D eigenvalue weighted by molar-refractivity contribution is 0.730. The third-order valence-corrected chi connectivity index (χ3v) is 5.57. The third-order valence-electron chi connectivity index (χ3n) is 4.70. The zero-order valence-electron chi connectivity index (χ0n) is 16.4. The van der Waals surface area contributed by atoms with E-state index in [9.17, 15) is 10.1 Å². The number of para-hydroxylation sites is 2. The highest BCUT2D eigenvalue weighted by atomic mass is 127. The number of benzene rings is 2. The molecular formula is C21H17IN8O. The molecule has 1 atom stereocenters. The van der Waals surface area contributed by atoms with Crippen molar-refractivity contribution in [2.75, 3.05) is 16.8 Å². The van der Waals surface area contributed by atoms with Crippen molar-refractivity contribution in [3.05, 3.63) is 73.8 Å².